The number of rotatable bonds is 5. The summed E-state index contributed by atoms with van der Waals surface area (Å²) in [5.41, 5.74) is 8.46. The highest BCUT2D eigenvalue weighted by Crippen LogP contribution is 2.22. The van der Waals surface area contributed by atoms with Crippen molar-refractivity contribution in [2.45, 2.75) is 18.9 Å². The quantitative estimate of drug-likeness (QED) is 0.923. The number of ether oxygens (including phenoxy) is 1. The van der Waals surface area contributed by atoms with Gasteiger partial charge in [0.1, 0.15) is 11.9 Å². The number of benzene rings is 2. The summed E-state index contributed by atoms with van der Waals surface area (Å²) in [6.07, 6.45) is 1.00. The summed E-state index contributed by atoms with van der Waals surface area (Å²) in [4.78, 5) is 13.4. The normalized spacial score (nSPS) is 17.4. The van der Waals surface area contributed by atoms with Crippen molar-refractivity contribution in [1.29, 1.82) is 0 Å². The molecule has 1 saturated heterocycles. The zero-order chi connectivity index (χ0) is 16.2. The van der Waals surface area contributed by atoms with E-state index in [1.807, 2.05) is 30.3 Å². The van der Waals surface area contributed by atoms with Crippen molar-refractivity contribution in [3.63, 3.8) is 0 Å². The van der Waals surface area contributed by atoms with E-state index in [4.69, 9.17) is 10.5 Å². The standard InChI is InChI=1S/C18H19FN2O2/c19-15-3-1-2-14(10-15)5-4-13-6-8-16(9-7-13)21-12-17(11-20)23-18(21)22/h1-3,6-10,17H,4-5,11-12,20H2. The van der Waals surface area contributed by atoms with Crippen LogP contribution in [0.3, 0.4) is 0 Å². The Morgan fingerprint density at radius 3 is 2.52 bits per heavy atom. The van der Waals surface area contributed by atoms with E-state index in [0.717, 1.165) is 29.7 Å². The lowest BCUT2D eigenvalue weighted by molar-refractivity contribution is 0.145. The summed E-state index contributed by atoms with van der Waals surface area (Å²) in [5, 5.41) is 0. The van der Waals surface area contributed by atoms with Gasteiger partial charge in [-0.25, -0.2) is 9.18 Å². The van der Waals surface area contributed by atoms with Crippen LogP contribution < -0.4 is 10.6 Å². The second-order valence-corrected chi connectivity index (χ2v) is 5.65. The van der Waals surface area contributed by atoms with E-state index in [-0.39, 0.29) is 18.0 Å². The van der Waals surface area contributed by atoms with Crippen molar-refractivity contribution < 1.29 is 13.9 Å². The summed E-state index contributed by atoms with van der Waals surface area (Å²) in [5.74, 6) is -0.208. The Morgan fingerprint density at radius 2 is 1.87 bits per heavy atom. The molecule has 3 rings (SSSR count). The fraction of sp³-hybridized carbons (Fsp3) is 0.278. The summed E-state index contributed by atoms with van der Waals surface area (Å²) in [7, 11) is 0. The van der Waals surface area contributed by atoms with Gasteiger partial charge in [-0.05, 0) is 48.2 Å². The molecule has 23 heavy (non-hydrogen) atoms. The number of nitrogens with zero attached hydrogens (tertiary/aromatic N) is 1. The molecular formula is C18H19FN2O2. The molecule has 2 aromatic carbocycles. The summed E-state index contributed by atoms with van der Waals surface area (Å²) in [6, 6.07) is 14.4. The lowest BCUT2D eigenvalue weighted by atomic mass is 10.0. The van der Waals surface area contributed by atoms with Gasteiger partial charge in [-0.1, -0.05) is 24.3 Å². The Bertz CT molecular complexity index is 688. The molecule has 5 heteroatoms. The molecule has 0 aliphatic carbocycles. The second-order valence-electron chi connectivity index (χ2n) is 5.65. The van der Waals surface area contributed by atoms with Gasteiger partial charge in [0.05, 0.1) is 6.54 Å². The van der Waals surface area contributed by atoms with Crippen LogP contribution in [-0.4, -0.2) is 25.3 Å². The molecule has 1 aliphatic rings. The molecule has 4 nitrogen and oxygen atoms in total. The van der Waals surface area contributed by atoms with Gasteiger partial charge in [-0.3, -0.25) is 4.90 Å². The second kappa shape index (κ2) is 6.79. The third-order valence-electron chi connectivity index (χ3n) is 3.98. The van der Waals surface area contributed by atoms with Crippen molar-refractivity contribution in [3.05, 3.63) is 65.5 Å². The summed E-state index contributed by atoms with van der Waals surface area (Å²) in [6.45, 7) is 0.811. The van der Waals surface area contributed by atoms with Gasteiger partial charge >= 0.3 is 6.09 Å². The van der Waals surface area contributed by atoms with Crippen LogP contribution >= 0.6 is 0 Å². The molecule has 1 heterocycles. The SMILES string of the molecule is NCC1CN(c2ccc(CCc3cccc(F)c3)cc2)C(=O)O1. The van der Waals surface area contributed by atoms with Crippen molar-refractivity contribution in [2.75, 3.05) is 18.0 Å². The molecule has 0 aromatic heterocycles. The number of carbonyl (C=O) groups excluding carboxylic acids is 1. The zero-order valence-electron chi connectivity index (χ0n) is 12.7. The lowest BCUT2D eigenvalue weighted by Gasteiger charge is -2.13. The van der Waals surface area contributed by atoms with E-state index < -0.39 is 0 Å². The molecule has 0 spiro atoms. The number of aryl methyl sites for hydroxylation is 2. The molecule has 2 N–H and O–H groups in total. The van der Waals surface area contributed by atoms with E-state index in [1.54, 1.807) is 17.0 Å². The molecule has 1 unspecified atom stereocenters. The Hall–Kier alpha value is -2.40. The minimum absolute atomic E-state index is 0.208. The Balaban J connectivity index is 1.62. The molecule has 2 aromatic rings. The largest absolute Gasteiger partial charge is 0.443 e. The predicted octanol–water partition coefficient (Wildman–Crippen LogP) is 2.89. The third kappa shape index (κ3) is 3.68. The number of hydrogen-bond acceptors (Lipinski definition) is 3. The number of anilines is 1. The van der Waals surface area contributed by atoms with E-state index in [0.29, 0.717) is 13.1 Å². The highest BCUT2D eigenvalue weighted by Gasteiger charge is 2.31. The average molecular weight is 314 g/mol. The third-order valence-corrected chi connectivity index (χ3v) is 3.98. The number of halogens is 1. The molecule has 0 bridgehead atoms. The Morgan fingerprint density at radius 1 is 1.13 bits per heavy atom. The zero-order valence-corrected chi connectivity index (χ0v) is 12.7. The first-order valence-corrected chi connectivity index (χ1v) is 7.67. The average Bonchev–Trinajstić information content (AvgIpc) is 2.95. The molecular weight excluding hydrogens is 295 g/mol. The van der Waals surface area contributed by atoms with E-state index in [2.05, 4.69) is 0 Å². The van der Waals surface area contributed by atoms with Crippen LogP contribution in [0.5, 0.6) is 0 Å². The fourth-order valence-corrected chi connectivity index (χ4v) is 2.68. The van der Waals surface area contributed by atoms with Gasteiger partial charge in [0.25, 0.3) is 0 Å². The Labute approximate surface area is 134 Å². The maximum atomic E-state index is 13.2. The number of hydrogen-bond donors (Lipinski definition) is 1. The number of cyclic esters (lactones) is 1. The van der Waals surface area contributed by atoms with Crippen LogP contribution in [0.15, 0.2) is 48.5 Å². The number of carbonyl (C=O) groups is 1. The monoisotopic (exact) mass is 314 g/mol. The van der Waals surface area contributed by atoms with Gasteiger partial charge in [0, 0.05) is 12.2 Å². The van der Waals surface area contributed by atoms with E-state index >= 15 is 0 Å². The van der Waals surface area contributed by atoms with Gasteiger partial charge in [-0.2, -0.15) is 0 Å². The molecule has 1 atom stereocenters. The van der Waals surface area contributed by atoms with Crippen molar-refractivity contribution >= 4 is 11.8 Å². The number of nitrogens with two attached hydrogens (primary N) is 1. The minimum atomic E-state index is -0.354. The van der Waals surface area contributed by atoms with Crippen molar-refractivity contribution in [1.82, 2.24) is 0 Å². The van der Waals surface area contributed by atoms with Crippen LogP contribution in [0.2, 0.25) is 0 Å². The van der Waals surface area contributed by atoms with Crippen LogP contribution in [0.1, 0.15) is 11.1 Å². The predicted molar refractivity (Wildman–Crippen MR) is 86.9 cm³/mol. The number of amides is 1. The molecule has 0 radical (unpaired) electrons. The van der Waals surface area contributed by atoms with Crippen molar-refractivity contribution in [2.24, 2.45) is 5.73 Å². The molecule has 0 saturated carbocycles. The van der Waals surface area contributed by atoms with Gasteiger partial charge in [0.2, 0.25) is 0 Å². The topological polar surface area (TPSA) is 55.6 Å². The van der Waals surface area contributed by atoms with Crippen LogP contribution in [0, 0.1) is 5.82 Å². The Kier molecular flexibility index (Phi) is 4.57. The first-order valence-electron chi connectivity index (χ1n) is 7.67. The first-order chi connectivity index (χ1) is 11.2. The first kappa shape index (κ1) is 15.5. The smallest absolute Gasteiger partial charge is 0.414 e. The highest BCUT2D eigenvalue weighted by molar-refractivity contribution is 5.89. The van der Waals surface area contributed by atoms with Gasteiger partial charge in [-0.15, -0.1) is 0 Å². The molecule has 1 fully saturated rings. The van der Waals surface area contributed by atoms with E-state index in [9.17, 15) is 9.18 Å². The summed E-state index contributed by atoms with van der Waals surface area (Å²) < 4.78 is 18.3. The fourth-order valence-electron chi connectivity index (χ4n) is 2.68. The lowest BCUT2D eigenvalue weighted by Crippen LogP contribution is -2.27. The van der Waals surface area contributed by atoms with Crippen LogP contribution in [0.25, 0.3) is 0 Å². The van der Waals surface area contributed by atoms with Crippen LogP contribution in [0.4, 0.5) is 14.9 Å². The summed E-state index contributed by atoms with van der Waals surface area (Å²) >= 11 is 0. The maximum Gasteiger partial charge on any atom is 0.414 e. The molecule has 120 valence electrons. The van der Waals surface area contributed by atoms with Crippen LogP contribution in [-0.2, 0) is 17.6 Å². The molecule has 1 aliphatic heterocycles. The molecule has 1 amide bonds. The van der Waals surface area contributed by atoms with Gasteiger partial charge in [0.15, 0.2) is 0 Å². The highest BCUT2D eigenvalue weighted by atomic mass is 19.1. The van der Waals surface area contributed by atoms with Crippen molar-refractivity contribution in [3.8, 4) is 0 Å². The van der Waals surface area contributed by atoms with Gasteiger partial charge < -0.3 is 10.5 Å². The maximum absolute atomic E-state index is 13.2. The minimum Gasteiger partial charge on any atom is -0.443 e. The van der Waals surface area contributed by atoms with E-state index in [1.165, 1.54) is 6.07 Å².